The fraction of sp³-hybridized carbons (Fsp3) is 0.350. The van der Waals surface area contributed by atoms with Crippen molar-refractivity contribution >= 4 is 28.9 Å². The van der Waals surface area contributed by atoms with Gasteiger partial charge in [-0.2, -0.15) is 0 Å². The number of ketones is 1. The lowest BCUT2D eigenvalue weighted by Crippen LogP contribution is -2.45. The van der Waals surface area contributed by atoms with Gasteiger partial charge in [-0.25, -0.2) is 0 Å². The van der Waals surface area contributed by atoms with Gasteiger partial charge in [0.05, 0.1) is 4.88 Å². The van der Waals surface area contributed by atoms with Gasteiger partial charge in [0.15, 0.2) is 5.78 Å². The molecule has 2 heterocycles. The molecule has 1 fully saturated rings. The van der Waals surface area contributed by atoms with E-state index in [0.29, 0.717) is 25.1 Å². The fourth-order valence-corrected chi connectivity index (χ4v) is 4.11. The average molecular weight is 370 g/mol. The first-order chi connectivity index (χ1) is 12.5. The minimum Gasteiger partial charge on any atom is -0.355 e. The van der Waals surface area contributed by atoms with Crippen molar-refractivity contribution in [1.82, 2.24) is 10.2 Å². The number of likely N-dealkylation sites (tertiary alicyclic amines) is 1. The number of likely N-dealkylation sites (N-methyl/N-ethyl adjacent to an activating group) is 1. The summed E-state index contributed by atoms with van der Waals surface area (Å²) in [6.07, 6.45) is 1.55. The molecule has 5 nitrogen and oxygen atoms in total. The summed E-state index contributed by atoms with van der Waals surface area (Å²) in [5.74, 6) is -0.135. The highest BCUT2D eigenvalue weighted by Crippen LogP contribution is 2.29. The number of hydrogen-bond acceptors (Lipinski definition) is 4. The van der Waals surface area contributed by atoms with Crippen LogP contribution in [0.4, 0.5) is 0 Å². The number of carbonyl (C=O) groups is 3. The quantitative estimate of drug-likeness (QED) is 0.821. The van der Waals surface area contributed by atoms with Crippen LogP contribution in [0.3, 0.4) is 0 Å². The molecule has 1 saturated heterocycles. The van der Waals surface area contributed by atoms with E-state index in [1.54, 1.807) is 24.0 Å². The largest absolute Gasteiger partial charge is 0.355 e. The van der Waals surface area contributed by atoms with Crippen LogP contribution in [0.15, 0.2) is 36.4 Å². The topological polar surface area (TPSA) is 66.5 Å². The number of Topliss-reactive ketones (excluding diaryl/α,β-unsaturated/α-hetero) is 1. The summed E-state index contributed by atoms with van der Waals surface area (Å²) in [5.41, 5.74) is 1.55. The molecule has 2 aromatic rings. The lowest BCUT2D eigenvalue weighted by atomic mass is 10.1. The maximum Gasteiger partial charge on any atom is 0.254 e. The number of amides is 2. The van der Waals surface area contributed by atoms with Gasteiger partial charge < -0.3 is 10.2 Å². The van der Waals surface area contributed by atoms with E-state index in [1.165, 1.54) is 11.3 Å². The first kappa shape index (κ1) is 18.3. The normalized spacial score (nSPS) is 16.5. The minimum absolute atomic E-state index is 0.0541. The van der Waals surface area contributed by atoms with Gasteiger partial charge in [0.1, 0.15) is 6.04 Å². The molecule has 0 spiro atoms. The maximum absolute atomic E-state index is 12.8. The molecule has 6 heteroatoms. The van der Waals surface area contributed by atoms with Crippen molar-refractivity contribution in [1.29, 1.82) is 0 Å². The Morgan fingerprint density at radius 3 is 2.50 bits per heavy atom. The van der Waals surface area contributed by atoms with Crippen LogP contribution in [0.2, 0.25) is 0 Å². The molecule has 1 N–H and O–H groups in total. The number of hydrogen-bond donors (Lipinski definition) is 1. The van der Waals surface area contributed by atoms with E-state index >= 15 is 0 Å². The molecule has 3 rings (SSSR count). The Balaban J connectivity index is 1.76. The zero-order valence-electron chi connectivity index (χ0n) is 15.0. The van der Waals surface area contributed by atoms with Crippen molar-refractivity contribution < 1.29 is 14.4 Å². The van der Waals surface area contributed by atoms with Crippen LogP contribution in [-0.2, 0) is 4.79 Å². The van der Waals surface area contributed by atoms with E-state index in [-0.39, 0.29) is 23.6 Å². The smallest absolute Gasteiger partial charge is 0.254 e. The molecule has 1 aromatic heterocycles. The Kier molecular flexibility index (Phi) is 5.52. The zero-order valence-corrected chi connectivity index (χ0v) is 15.8. The van der Waals surface area contributed by atoms with Crippen molar-refractivity contribution in [3.8, 4) is 10.4 Å². The third-order valence-corrected chi connectivity index (χ3v) is 5.77. The van der Waals surface area contributed by atoms with E-state index in [4.69, 9.17) is 0 Å². The molecular formula is C20H22N2O3S. The second-order valence-corrected chi connectivity index (χ2v) is 7.43. The van der Waals surface area contributed by atoms with Gasteiger partial charge in [0.2, 0.25) is 5.91 Å². The first-order valence-corrected chi connectivity index (χ1v) is 9.62. The fourth-order valence-electron chi connectivity index (χ4n) is 3.20. The molecule has 26 heavy (non-hydrogen) atoms. The highest BCUT2D eigenvalue weighted by Gasteiger charge is 2.34. The third-order valence-electron chi connectivity index (χ3n) is 4.54. The van der Waals surface area contributed by atoms with Crippen molar-refractivity contribution in [3.05, 3.63) is 46.8 Å². The van der Waals surface area contributed by atoms with Gasteiger partial charge >= 0.3 is 0 Å². The van der Waals surface area contributed by atoms with Gasteiger partial charge in [-0.1, -0.05) is 12.1 Å². The summed E-state index contributed by atoms with van der Waals surface area (Å²) in [4.78, 5) is 39.8. The molecule has 0 saturated carbocycles. The highest BCUT2D eigenvalue weighted by molar-refractivity contribution is 7.17. The summed E-state index contributed by atoms with van der Waals surface area (Å²) < 4.78 is 0. The molecule has 1 unspecified atom stereocenters. The molecule has 1 aromatic carbocycles. The van der Waals surface area contributed by atoms with Crippen LogP contribution in [0, 0.1) is 0 Å². The van der Waals surface area contributed by atoms with E-state index < -0.39 is 0 Å². The van der Waals surface area contributed by atoms with E-state index in [0.717, 1.165) is 21.7 Å². The summed E-state index contributed by atoms with van der Waals surface area (Å²) in [6.45, 7) is 4.60. The van der Waals surface area contributed by atoms with Gasteiger partial charge in [0.25, 0.3) is 5.91 Å². The van der Waals surface area contributed by atoms with Crippen LogP contribution in [0.5, 0.6) is 0 Å². The predicted octanol–water partition coefficient (Wildman–Crippen LogP) is 3.36. The Morgan fingerprint density at radius 1 is 1.15 bits per heavy atom. The van der Waals surface area contributed by atoms with Gasteiger partial charge in [-0.15, -0.1) is 11.3 Å². The van der Waals surface area contributed by atoms with Crippen LogP contribution < -0.4 is 5.32 Å². The van der Waals surface area contributed by atoms with E-state index in [1.807, 2.05) is 31.2 Å². The van der Waals surface area contributed by atoms with Gasteiger partial charge in [0, 0.05) is 23.5 Å². The van der Waals surface area contributed by atoms with Gasteiger partial charge in [-0.3, -0.25) is 14.4 Å². The molecule has 136 valence electrons. The Hall–Kier alpha value is -2.47. The third kappa shape index (κ3) is 3.70. The molecule has 1 aliphatic heterocycles. The molecule has 1 atom stereocenters. The standard InChI is InChI=1S/C20H22N2O3S/c1-3-21-19(24)16-5-4-12-22(16)20(25)15-8-6-14(7-9-15)18-11-10-17(26-18)13(2)23/h6-11,16H,3-5,12H2,1-2H3,(H,21,24). The lowest BCUT2D eigenvalue weighted by molar-refractivity contribution is -0.124. The maximum atomic E-state index is 12.8. The minimum atomic E-state index is -0.377. The first-order valence-electron chi connectivity index (χ1n) is 8.81. The molecule has 2 amide bonds. The Morgan fingerprint density at radius 2 is 1.88 bits per heavy atom. The van der Waals surface area contributed by atoms with Crippen LogP contribution in [0.1, 0.15) is 46.7 Å². The second-order valence-electron chi connectivity index (χ2n) is 6.35. The molecule has 0 aliphatic carbocycles. The van der Waals surface area contributed by atoms with Crippen molar-refractivity contribution in [3.63, 3.8) is 0 Å². The molecule has 0 radical (unpaired) electrons. The molecular weight excluding hydrogens is 348 g/mol. The summed E-state index contributed by atoms with van der Waals surface area (Å²) >= 11 is 1.45. The van der Waals surface area contributed by atoms with Crippen LogP contribution in [-0.4, -0.2) is 41.6 Å². The number of thiophene rings is 1. The van der Waals surface area contributed by atoms with Gasteiger partial charge in [-0.05, 0) is 56.5 Å². The summed E-state index contributed by atoms with van der Waals surface area (Å²) in [7, 11) is 0. The number of nitrogens with zero attached hydrogens (tertiary/aromatic N) is 1. The van der Waals surface area contributed by atoms with E-state index in [9.17, 15) is 14.4 Å². The van der Waals surface area contributed by atoms with Crippen LogP contribution in [0.25, 0.3) is 10.4 Å². The second kappa shape index (κ2) is 7.83. The van der Waals surface area contributed by atoms with E-state index in [2.05, 4.69) is 5.32 Å². The SMILES string of the molecule is CCNC(=O)C1CCCN1C(=O)c1ccc(-c2ccc(C(C)=O)s2)cc1. The van der Waals surface area contributed by atoms with Crippen molar-refractivity contribution in [2.75, 3.05) is 13.1 Å². The zero-order chi connectivity index (χ0) is 18.7. The highest BCUT2D eigenvalue weighted by atomic mass is 32.1. The van der Waals surface area contributed by atoms with Crippen molar-refractivity contribution in [2.45, 2.75) is 32.7 Å². The Bertz CT molecular complexity index is 826. The molecule has 1 aliphatic rings. The number of rotatable bonds is 5. The lowest BCUT2D eigenvalue weighted by Gasteiger charge is -2.24. The van der Waals surface area contributed by atoms with Crippen molar-refractivity contribution in [2.24, 2.45) is 0 Å². The average Bonchev–Trinajstić information content (AvgIpc) is 3.31. The predicted molar refractivity (Wildman–Crippen MR) is 103 cm³/mol. The number of nitrogens with one attached hydrogen (secondary N) is 1. The number of benzene rings is 1. The number of carbonyl (C=O) groups excluding carboxylic acids is 3. The summed E-state index contributed by atoms with van der Waals surface area (Å²) in [5, 5.41) is 2.81. The van der Waals surface area contributed by atoms with Crippen LogP contribution >= 0.6 is 11.3 Å². The summed E-state index contributed by atoms with van der Waals surface area (Å²) in [6, 6.07) is 10.7. The molecule has 0 bridgehead atoms. The Labute approximate surface area is 157 Å². The monoisotopic (exact) mass is 370 g/mol.